The van der Waals surface area contributed by atoms with Gasteiger partial charge in [0.2, 0.25) is 5.95 Å². The monoisotopic (exact) mass is 342 g/mol. The molecule has 1 aliphatic heterocycles. The van der Waals surface area contributed by atoms with Gasteiger partial charge in [-0.15, -0.1) is 0 Å². The van der Waals surface area contributed by atoms with E-state index in [4.69, 9.17) is 4.99 Å². The van der Waals surface area contributed by atoms with E-state index in [0.29, 0.717) is 17.9 Å². The molecule has 26 heavy (non-hydrogen) atoms. The number of aliphatic imine (C=N–C) groups is 1. The van der Waals surface area contributed by atoms with Gasteiger partial charge < -0.3 is 4.57 Å². The fourth-order valence-corrected chi connectivity index (χ4v) is 3.57. The molecule has 0 amide bonds. The van der Waals surface area contributed by atoms with Gasteiger partial charge in [-0.25, -0.2) is 14.4 Å². The maximum Gasteiger partial charge on any atom is 0.231 e. The van der Waals surface area contributed by atoms with E-state index in [1.807, 2.05) is 53.1 Å². The maximum absolute atomic E-state index is 14.6. The van der Waals surface area contributed by atoms with Crippen LogP contribution in [0.3, 0.4) is 0 Å². The average molecular weight is 342 g/mol. The third-order valence-corrected chi connectivity index (χ3v) is 4.77. The van der Waals surface area contributed by atoms with Crippen LogP contribution in [0.25, 0.3) is 11.0 Å². The van der Waals surface area contributed by atoms with Crippen LogP contribution < -0.4 is 0 Å². The largest absolute Gasteiger partial charge is 0.300 e. The molecule has 2 aromatic carbocycles. The molecule has 0 radical (unpaired) electrons. The van der Waals surface area contributed by atoms with Gasteiger partial charge in [-0.2, -0.15) is 0 Å². The lowest BCUT2D eigenvalue weighted by molar-refractivity contribution is 0.545. The van der Waals surface area contributed by atoms with Crippen molar-refractivity contribution in [3.63, 3.8) is 0 Å². The molecule has 1 unspecified atom stereocenters. The van der Waals surface area contributed by atoms with E-state index in [1.165, 1.54) is 6.07 Å². The Labute approximate surface area is 149 Å². The number of nitrogens with zero attached hydrogens (tertiary/aromatic N) is 4. The number of rotatable bonds is 2. The molecule has 5 rings (SSSR count). The van der Waals surface area contributed by atoms with E-state index >= 15 is 0 Å². The highest BCUT2D eigenvalue weighted by atomic mass is 19.1. The summed E-state index contributed by atoms with van der Waals surface area (Å²) < 4.78 is 16.7. The second-order valence-electron chi connectivity index (χ2n) is 6.31. The summed E-state index contributed by atoms with van der Waals surface area (Å²) in [6.45, 7) is 0. The van der Waals surface area contributed by atoms with Crippen LogP contribution in [0.1, 0.15) is 23.6 Å². The molecule has 1 atom stereocenters. The fraction of sp³-hybridized carbons (Fsp3) is 0.0952. The van der Waals surface area contributed by atoms with Crippen LogP contribution in [0.5, 0.6) is 0 Å². The number of pyridine rings is 1. The summed E-state index contributed by atoms with van der Waals surface area (Å²) in [5.41, 5.74) is 4.28. The lowest BCUT2D eigenvalue weighted by Gasteiger charge is -2.26. The molecule has 0 spiro atoms. The van der Waals surface area contributed by atoms with Crippen molar-refractivity contribution >= 4 is 22.7 Å². The Kier molecular flexibility index (Phi) is 3.38. The van der Waals surface area contributed by atoms with Crippen molar-refractivity contribution in [2.45, 2.75) is 12.5 Å². The first-order valence-corrected chi connectivity index (χ1v) is 8.50. The molecule has 5 heteroatoms. The summed E-state index contributed by atoms with van der Waals surface area (Å²) in [4.78, 5) is 13.6. The predicted octanol–water partition coefficient (Wildman–Crippen LogP) is 4.68. The van der Waals surface area contributed by atoms with E-state index < -0.39 is 0 Å². The van der Waals surface area contributed by atoms with Gasteiger partial charge in [0.1, 0.15) is 5.82 Å². The fourth-order valence-electron chi connectivity index (χ4n) is 3.57. The molecular weight excluding hydrogens is 327 g/mol. The Morgan fingerprint density at radius 1 is 0.962 bits per heavy atom. The molecule has 0 bridgehead atoms. The molecule has 0 saturated carbocycles. The normalized spacial score (nSPS) is 16.3. The number of fused-ring (bicyclic) bond motifs is 3. The molecule has 2 aromatic heterocycles. The first kappa shape index (κ1) is 15.0. The van der Waals surface area contributed by atoms with Gasteiger partial charge >= 0.3 is 0 Å². The molecule has 3 heterocycles. The number of para-hydroxylation sites is 2. The zero-order chi connectivity index (χ0) is 17.5. The van der Waals surface area contributed by atoms with Crippen molar-refractivity contribution in [1.29, 1.82) is 0 Å². The van der Waals surface area contributed by atoms with Gasteiger partial charge in [0.25, 0.3) is 0 Å². The SMILES string of the molecule is Fc1ccccc1C1CC(c2cccnc2)=Nc2nc3ccccc3n21. The third kappa shape index (κ3) is 2.32. The summed E-state index contributed by atoms with van der Waals surface area (Å²) in [6.07, 6.45) is 4.10. The Balaban J connectivity index is 1.76. The zero-order valence-electron chi connectivity index (χ0n) is 13.9. The number of imidazole rings is 1. The number of hydrogen-bond donors (Lipinski definition) is 0. The molecule has 0 fully saturated rings. The topological polar surface area (TPSA) is 43.1 Å². The third-order valence-electron chi connectivity index (χ3n) is 4.77. The standard InChI is InChI=1S/C21H15FN4/c22-16-8-2-1-7-15(16)20-12-18(14-6-5-11-23-13-14)25-21-24-17-9-3-4-10-19(17)26(20)21/h1-11,13,20H,12H2. The minimum atomic E-state index is -0.214. The number of hydrogen-bond acceptors (Lipinski definition) is 3. The van der Waals surface area contributed by atoms with Crippen molar-refractivity contribution < 1.29 is 4.39 Å². The van der Waals surface area contributed by atoms with Gasteiger partial charge in [0.05, 0.1) is 22.8 Å². The van der Waals surface area contributed by atoms with Crippen molar-refractivity contribution in [2.24, 2.45) is 4.99 Å². The van der Waals surface area contributed by atoms with Gasteiger partial charge in [0, 0.05) is 29.9 Å². The predicted molar refractivity (Wildman–Crippen MR) is 99.3 cm³/mol. The molecule has 0 N–H and O–H groups in total. The van der Waals surface area contributed by atoms with Crippen molar-refractivity contribution in [3.05, 3.63) is 90.0 Å². The van der Waals surface area contributed by atoms with Crippen LogP contribution in [0, 0.1) is 5.82 Å². The molecular formula is C21H15FN4. The summed E-state index contributed by atoms with van der Waals surface area (Å²) in [5, 5.41) is 0. The Bertz CT molecular complexity index is 1130. The zero-order valence-corrected chi connectivity index (χ0v) is 13.9. The Morgan fingerprint density at radius 3 is 2.65 bits per heavy atom. The summed E-state index contributed by atoms with van der Waals surface area (Å²) in [7, 11) is 0. The molecule has 0 aliphatic carbocycles. The highest BCUT2D eigenvalue weighted by Crippen LogP contribution is 2.38. The number of halogens is 1. The van der Waals surface area contributed by atoms with Crippen LogP contribution in [-0.4, -0.2) is 20.2 Å². The second kappa shape index (κ2) is 5.88. The highest BCUT2D eigenvalue weighted by molar-refractivity contribution is 6.03. The van der Waals surface area contributed by atoms with Crippen molar-refractivity contribution in [2.75, 3.05) is 0 Å². The lowest BCUT2D eigenvalue weighted by Crippen LogP contribution is -2.21. The Hall–Kier alpha value is -3.34. The van der Waals surface area contributed by atoms with E-state index in [0.717, 1.165) is 22.3 Å². The minimum absolute atomic E-state index is 0.202. The highest BCUT2D eigenvalue weighted by Gasteiger charge is 2.29. The lowest BCUT2D eigenvalue weighted by atomic mass is 9.96. The van der Waals surface area contributed by atoms with E-state index in [-0.39, 0.29) is 11.9 Å². The number of aromatic nitrogens is 3. The van der Waals surface area contributed by atoms with Gasteiger partial charge in [0.15, 0.2) is 0 Å². The van der Waals surface area contributed by atoms with Crippen LogP contribution in [0.2, 0.25) is 0 Å². The smallest absolute Gasteiger partial charge is 0.231 e. The summed E-state index contributed by atoms with van der Waals surface area (Å²) in [6, 6.07) is 18.5. The first-order valence-electron chi connectivity index (χ1n) is 8.50. The van der Waals surface area contributed by atoms with Gasteiger partial charge in [-0.3, -0.25) is 4.98 Å². The van der Waals surface area contributed by atoms with Crippen molar-refractivity contribution in [1.82, 2.24) is 14.5 Å². The maximum atomic E-state index is 14.6. The van der Waals surface area contributed by atoms with Gasteiger partial charge in [-0.05, 0) is 24.3 Å². The average Bonchev–Trinajstić information content (AvgIpc) is 3.07. The van der Waals surface area contributed by atoms with Gasteiger partial charge in [-0.1, -0.05) is 36.4 Å². The molecule has 4 aromatic rings. The van der Waals surface area contributed by atoms with Crippen LogP contribution >= 0.6 is 0 Å². The van der Waals surface area contributed by atoms with E-state index in [2.05, 4.69) is 9.97 Å². The van der Waals surface area contributed by atoms with Crippen LogP contribution in [0.4, 0.5) is 10.3 Å². The van der Waals surface area contributed by atoms with Crippen LogP contribution in [-0.2, 0) is 0 Å². The molecule has 126 valence electrons. The Morgan fingerprint density at radius 2 is 1.81 bits per heavy atom. The first-order chi connectivity index (χ1) is 12.8. The second-order valence-corrected chi connectivity index (χ2v) is 6.31. The van der Waals surface area contributed by atoms with E-state index in [9.17, 15) is 4.39 Å². The number of benzene rings is 2. The summed E-state index contributed by atoms with van der Waals surface area (Å²) in [5.74, 6) is 0.387. The molecule has 1 aliphatic rings. The minimum Gasteiger partial charge on any atom is -0.300 e. The molecule has 4 nitrogen and oxygen atoms in total. The molecule has 0 saturated heterocycles. The van der Waals surface area contributed by atoms with Crippen molar-refractivity contribution in [3.8, 4) is 0 Å². The quantitative estimate of drug-likeness (QED) is 0.531. The van der Waals surface area contributed by atoms with E-state index in [1.54, 1.807) is 18.5 Å². The van der Waals surface area contributed by atoms with Crippen LogP contribution in [0.15, 0.2) is 78.0 Å². The summed E-state index contributed by atoms with van der Waals surface area (Å²) >= 11 is 0.